The van der Waals surface area contributed by atoms with Crippen molar-refractivity contribution in [1.82, 2.24) is 10.9 Å². The molecule has 0 saturated heterocycles. The molecule has 0 heterocycles. The van der Waals surface area contributed by atoms with Crippen LogP contribution in [0.5, 0.6) is 0 Å². The third-order valence-electron chi connectivity index (χ3n) is 1.48. The molecule has 0 aliphatic rings. The number of halogens is 3. The summed E-state index contributed by atoms with van der Waals surface area (Å²) in [5.74, 6) is 4.84. The fourth-order valence-electron chi connectivity index (χ4n) is 0.796. The standard InChI is InChI=1S/C8H9Cl2N5.BrH/c9-6-2-1-5(3-7(6)10)4-13-15-8(11)14-12;/h1-4H,12H2,(H3,11,14,15);1H. The predicted octanol–water partition coefficient (Wildman–Crippen LogP) is 1.89. The largest absolute Gasteiger partial charge is 0.293 e. The number of rotatable bonds is 2. The number of benzene rings is 1. The molecule has 0 fully saturated rings. The van der Waals surface area contributed by atoms with Gasteiger partial charge in [-0.2, -0.15) is 5.10 Å². The van der Waals surface area contributed by atoms with Gasteiger partial charge in [-0.05, 0) is 17.7 Å². The molecule has 1 rings (SSSR count). The Bertz CT molecular complexity index is 396. The topological polar surface area (TPSA) is 86.3 Å². The second-order valence-corrected chi connectivity index (χ2v) is 3.38. The van der Waals surface area contributed by atoms with Gasteiger partial charge in [-0.15, -0.1) is 17.0 Å². The van der Waals surface area contributed by atoms with Crippen LogP contribution in [0, 0.1) is 5.41 Å². The van der Waals surface area contributed by atoms with Gasteiger partial charge < -0.3 is 0 Å². The molecule has 1 aromatic carbocycles. The lowest BCUT2D eigenvalue weighted by Gasteiger charge is -2.00. The van der Waals surface area contributed by atoms with E-state index < -0.39 is 0 Å². The lowest BCUT2D eigenvalue weighted by Crippen LogP contribution is -2.38. The highest BCUT2D eigenvalue weighted by atomic mass is 79.9. The van der Waals surface area contributed by atoms with Crippen LogP contribution < -0.4 is 16.7 Å². The van der Waals surface area contributed by atoms with E-state index in [1.807, 2.05) is 0 Å². The summed E-state index contributed by atoms with van der Waals surface area (Å²) in [6, 6.07) is 5.07. The van der Waals surface area contributed by atoms with Crippen molar-refractivity contribution in [3.05, 3.63) is 33.8 Å². The Kier molecular flexibility index (Phi) is 7.07. The molecule has 0 saturated carbocycles. The zero-order valence-electron chi connectivity index (χ0n) is 8.00. The summed E-state index contributed by atoms with van der Waals surface area (Å²) in [6.07, 6.45) is 1.49. The Balaban J connectivity index is 0.00000225. The second kappa shape index (κ2) is 7.45. The van der Waals surface area contributed by atoms with E-state index in [-0.39, 0.29) is 22.9 Å². The second-order valence-electron chi connectivity index (χ2n) is 2.56. The highest BCUT2D eigenvalue weighted by Gasteiger charge is 1.96. The number of nitrogens with zero attached hydrogens (tertiary/aromatic N) is 1. The number of nitrogens with two attached hydrogens (primary N) is 1. The smallest absolute Gasteiger partial charge is 0.223 e. The van der Waals surface area contributed by atoms with Crippen LogP contribution in [0.4, 0.5) is 0 Å². The Morgan fingerprint density at radius 3 is 2.62 bits per heavy atom. The highest BCUT2D eigenvalue weighted by Crippen LogP contribution is 2.21. The molecule has 0 bridgehead atoms. The van der Waals surface area contributed by atoms with E-state index in [0.717, 1.165) is 5.56 Å². The summed E-state index contributed by atoms with van der Waals surface area (Å²) in [5, 5.41) is 11.7. The molecular formula is C8H10BrCl2N5. The minimum absolute atomic E-state index is 0. The van der Waals surface area contributed by atoms with Crippen LogP contribution in [0.25, 0.3) is 0 Å². The van der Waals surface area contributed by atoms with E-state index in [9.17, 15) is 0 Å². The lowest BCUT2D eigenvalue weighted by molar-refractivity contribution is 0.889. The number of guanidine groups is 1. The first-order chi connectivity index (χ1) is 7.13. The van der Waals surface area contributed by atoms with Gasteiger partial charge in [0.15, 0.2) is 0 Å². The van der Waals surface area contributed by atoms with Gasteiger partial charge >= 0.3 is 0 Å². The van der Waals surface area contributed by atoms with Crippen molar-refractivity contribution >= 4 is 52.4 Å². The van der Waals surface area contributed by atoms with Crippen LogP contribution in [-0.4, -0.2) is 12.2 Å². The van der Waals surface area contributed by atoms with Crippen LogP contribution >= 0.6 is 40.2 Å². The van der Waals surface area contributed by atoms with E-state index in [1.54, 1.807) is 18.2 Å². The van der Waals surface area contributed by atoms with Gasteiger partial charge in [0.05, 0.1) is 16.3 Å². The first-order valence-electron chi connectivity index (χ1n) is 3.93. The maximum atomic E-state index is 7.07. The number of hydrazine groups is 1. The molecule has 0 aliphatic heterocycles. The average molecular weight is 327 g/mol. The maximum Gasteiger partial charge on any atom is 0.223 e. The van der Waals surface area contributed by atoms with Gasteiger partial charge in [-0.3, -0.25) is 10.8 Å². The predicted molar refractivity (Wildman–Crippen MR) is 72.6 cm³/mol. The summed E-state index contributed by atoms with van der Waals surface area (Å²) < 4.78 is 0. The van der Waals surface area contributed by atoms with Gasteiger partial charge in [0.1, 0.15) is 0 Å². The van der Waals surface area contributed by atoms with Crippen molar-refractivity contribution in [3.8, 4) is 0 Å². The SMILES string of the molecule is Br.N=C(NN)NN=Cc1ccc(Cl)c(Cl)c1. The summed E-state index contributed by atoms with van der Waals surface area (Å²) >= 11 is 11.5. The molecule has 0 radical (unpaired) electrons. The fraction of sp³-hybridized carbons (Fsp3) is 0. The third-order valence-corrected chi connectivity index (χ3v) is 2.22. The van der Waals surface area contributed by atoms with Crippen LogP contribution in [0.3, 0.4) is 0 Å². The minimum Gasteiger partial charge on any atom is -0.293 e. The highest BCUT2D eigenvalue weighted by molar-refractivity contribution is 8.93. The summed E-state index contributed by atoms with van der Waals surface area (Å²) in [4.78, 5) is 0. The molecule has 0 atom stereocenters. The molecule has 0 amide bonds. The molecule has 1 aromatic rings. The zero-order valence-corrected chi connectivity index (χ0v) is 11.2. The molecule has 16 heavy (non-hydrogen) atoms. The number of hydrazone groups is 1. The first kappa shape index (κ1) is 15.2. The first-order valence-corrected chi connectivity index (χ1v) is 4.68. The molecule has 88 valence electrons. The van der Waals surface area contributed by atoms with Gasteiger partial charge in [-0.25, -0.2) is 11.3 Å². The Hall–Kier alpha value is -0.820. The molecule has 8 heteroatoms. The molecule has 0 aromatic heterocycles. The monoisotopic (exact) mass is 325 g/mol. The molecule has 0 aliphatic carbocycles. The summed E-state index contributed by atoms with van der Waals surface area (Å²) in [7, 11) is 0. The average Bonchev–Trinajstić information content (AvgIpc) is 2.23. The molecule has 5 nitrogen and oxygen atoms in total. The van der Waals surface area contributed by atoms with E-state index in [0.29, 0.717) is 10.0 Å². The number of nitrogens with one attached hydrogen (secondary N) is 3. The summed E-state index contributed by atoms with van der Waals surface area (Å²) in [6.45, 7) is 0. The van der Waals surface area contributed by atoms with E-state index >= 15 is 0 Å². The van der Waals surface area contributed by atoms with Crippen LogP contribution in [0.15, 0.2) is 23.3 Å². The maximum absolute atomic E-state index is 7.07. The van der Waals surface area contributed by atoms with E-state index in [2.05, 4.69) is 16.0 Å². The Labute approximate surface area is 113 Å². The van der Waals surface area contributed by atoms with Crippen molar-refractivity contribution in [3.63, 3.8) is 0 Å². The van der Waals surface area contributed by atoms with E-state index in [4.69, 9.17) is 34.5 Å². The van der Waals surface area contributed by atoms with Crippen LogP contribution in [-0.2, 0) is 0 Å². The van der Waals surface area contributed by atoms with Crippen LogP contribution in [0.1, 0.15) is 5.56 Å². The summed E-state index contributed by atoms with van der Waals surface area (Å²) in [5.41, 5.74) is 5.20. The van der Waals surface area contributed by atoms with Gasteiger partial charge in [-0.1, -0.05) is 29.3 Å². The van der Waals surface area contributed by atoms with Crippen molar-refractivity contribution in [2.24, 2.45) is 10.9 Å². The Morgan fingerprint density at radius 2 is 2.06 bits per heavy atom. The number of hydrogen-bond acceptors (Lipinski definition) is 3. The van der Waals surface area contributed by atoms with Crippen molar-refractivity contribution < 1.29 is 0 Å². The Morgan fingerprint density at radius 1 is 1.38 bits per heavy atom. The quantitative estimate of drug-likeness (QED) is 0.290. The normalized spacial score (nSPS) is 9.69. The van der Waals surface area contributed by atoms with Crippen molar-refractivity contribution in [1.29, 1.82) is 5.41 Å². The van der Waals surface area contributed by atoms with E-state index in [1.165, 1.54) is 6.21 Å². The molecule has 5 N–H and O–H groups in total. The van der Waals surface area contributed by atoms with Crippen LogP contribution in [0.2, 0.25) is 10.0 Å². The van der Waals surface area contributed by atoms with Gasteiger partial charge in [0, 0.05) is 0 Å². The molecule has 0 unspecified atom stereocenters. The minimum atomic E-state index is -0.105. The lowest BCUT2D eigenvalue weighted by atomic mass is 10.2. The van der Waals surface area contributed by atoms with Gasteiger partial charge in [0.2, 0.25) is 5.96 Å². The zero-order chi connectivity index (χ0) is 11.3. The molecule has 0 spiro atoms. The number of hydrogen-bond donors (Lipinski definition) is 4. The molecular weight excluding hydrogens is 317 g/mol. The van der Waals surface area contributed by atoms with Crippen molar-refractivity contribution in [2.75, 3.05) is 0 Å². The third kappa shape index (κ3) is 4.80. The fourth-order valence-corrected chi connectivity index (χ4v) is 1.10. The van der Waals surface area contributed by atoms with Gasteiger partial charge in [0.25, 0.3) is 0 Å². The van der Waals surface area contributed by atoms with Crippen molar-refractivity contribution in [2.45, 2.75) is 0 Å².